The zero-order chi connectivity index (χ0) is 20.4. The van der Waals surface area contributed by atoms with E-state index in [0.29, 0.717) is 24.5 Å². The summed E-state index contributed by atoms with van der Waals surface area (Å²) in [5, 5.41) is 2.92. The lowest BCUT2D eigenvalue weighted by molar-refractivity contribution is -0.122. The van der Waals surface area contributed by atoms with Gasteiger partial charge in [-0.15, -0.1) is 0 Å². The molecule has 1 aliphatic heterocycles. The fourth-order valence-electron chi connectivity index (χ4n) is 3.92. The number of sulfonamides is 1. The fourth-order valence-corrected chi connectivity index (χ4v) is 5.43. The Balaban J connectivity index is 1.31. The average Bonchev–Trinajstić information content (AvgIpc) is 3.54. The Labute approximate surface area is 171 Å². The second-order valence-electron chi connectivity index (χ2n) is 7.83. The molecule has 0 radical (unpaired) electrons. The lowest BCUT2D eigenvalue weighted by atomic mass is 10.1. The van der Waals surface area contributed by atoms with E-state index in [1.54, 1.807) is 40.7 Å². The molecule has 4 rings (SSSR count). The Morgan fingerprint density at radius 2 is 1.66 bits per heavy atom. The van der Waals surface area contributed by atoms with Crippen molar-refractivity contribution in [1.82, 2.24) is 9.62 Å². The molecule has 0 bridgehead atoms. The number of nitrogens with zero attached hydrogens (tertiary/aromatic N) is 1. The molecule has 2 aromatic rings. The van der Waals surface area contributed by atoms with Crippen LogP contribution in [0.2, 0.25) is 0 Å². The normalized spacial score (nSPS) is 22.2. The number of carbonyl (C=O) groups is 1. The number of benzene rings is 2. The first-order chi connectivity index (χ1) is 13.9. The van der Waals surface area contributed by atoms with Crippen LogP contribution in [0.5, 0.6) is 0 Å². The third-order valence-corrected chi connectivity index (χ3v) is 7.68. The maximum Gasteiger partial charge on any atom is 0.243 e. The summed E-state index contributed by atoms with van der Waals surface area (Å²) in [6.45, 7) is 1.52. The Morgan fingerprint density at radius 3 is 2.31 bits per heavy atom. The van der Waals surface area contributed by atoms with Crippen molar-refractivity contribution in [3.8, 4) is 0 Å². The fraction of sp³-hybridized carbons (Fsp3) is 0.409. The number of amides is 1. The van der Waals surface area contributed by atoms with Gasteiger partial charge in [-0.25, -0.2) is 12.8 Å². The average molecular weight is 417 g/mol. The van der Waals surface area contributed by atoms with Crippen LogP contribution < -0.4 is 5.32 Å². The van der Waals surface area contributed by atoms with Gasteiger partial charge in [-0.3, -0.25) is 4.79 Å². The Morgan fingerprint density at radius 1 is 1.00 bits per heavy atom. The largest absolute Gasteiger partial charge is 0.352 e. The molecule has 0 aromatic heterocycles. The molecule has 2 atom stereocenters. The van der Waals surface area contributed by atoms with Crippen LogP contribution in [0.3, 0.4) is 0 Å². The van der Waals surface area contributed by atoms with Crippen molar-refractivity contribution in [3.63, 3.8) is 0 Å². The summed E-state index contributed by atoms with van der Waals surface area (Å²) in [5.74, 6) is -0.239. The molecule has 0 spiro atoms. The summed E-state index contributed by atoms with van der Waals surface area (Å²) < 4.78 is 39.9. The number of hydrogen-bond acceptors (Lipinski definition) is 3. The zero-order valence-electron chi connectivity index (χ0n) is 16.2. The highest BCUT2D eigenvalue weighted by Gasteiger charge is 2.43. The van der Waals surface area contributed by atoms with E-state index in [1.165, 1.54) is 12.1 Å². The molecule has 1 heterocycles. The van der Waals surface area contributed by atoms with Gasteiger partial charge in [0.25, 0.3) is 0 Å². The molecule has 5 nitrogen and oxygen atoms in total. The van der Waals surface area contributed by atoms with E-state index in [4.69, 9.17) is 0 Å². The van der Waals surface area contributed by atoms with Crippen molar-refractivity contribution in [2.75, 3.05) is 13.1 Å². The summed E-state index contributed by atoms with van der Waals surface area (Å²) in [6, 6.07) is 13.0. The molecule has 2 fully saturated rings. The van der Waals surface area contributed by atoms with Crippen LogP contribution >= 0.6 is 0 Å². The number of halogens is 1. The lowest BCUT2D eigenvalue weighted by Gasteiger charge is -2.25. The van der Waals surface area contributed by atoms with E-state index < -0.39 is 10.0 Å². The van der Waals surface area contributed by atoms with Gasteiger partial charge < -0.3 is 5.32 Å². The van der Waals surface area contributed by atoms with E-state index in [-0.39, 0.29) is 23.6 Å². The van der Waals surface area contributed by atoms with E-state index in [2.05, 4.69) is 5.32 Å². The van der Waals surface area contributed by atoms with Crippen molar-refractivity contribution < 1.29 is 17.6 Å². The number of carbonyl (C=O) groups excluding carboxylic acids is 1. The van der Waals surface area contributed by atoms with Crippen molar-refractivity contribution in [2.45, 2.75) is 43.0 Å². The maximum atomic E-state index is 13.0. The molecular weight excluding hydrogens is 391 g/mol. The van der Waals surface area contributed by atoms with Crippen LogP contribution in [0.15, 0.2) is 53.4 Å². The Hall–Kier alpha value is -2.25. The number of piperidine rings is 1. The predicted octanol–water partition coefficient (Wildman–Crippen LogP) is 3.42. The van der Waals surface area contributed by atoms with Gasteiger partial charge in [-0.05, 0) is 60.6 Å². The monoisotopic (exact) mass is 416 g/mol. The van der Waals surface area contributed by atoms with E-state index in [1.807, 2.05) is 0 Å². The molecule has 2 aromatic carbocycles. The minimum absolute atomic E-state index is 0.0238. The summed E-state index contributed by atoms with van der Waals surface area (Å²) >= 11 is 0. The van der Waals surface area contributed by atoms with Gasteiger partial charge >= 0.3 is 0 Å². The van der Waals surface area contributed by atoms with Gasteiger partial charge in [0, 0.05) is 25.6 Å². The third-order valence-electron chi connectivity index (χ3n) is 5.77. The molecule has 1 saturated carbocycles. The van der Waals surface area contributed by atoms with Gasteiger partial charge in [0.2, 0.25) is 15.9 Å². The molecule has 7 heteroatoms. The minimum Gasteiger partial charge on any atom is -0.352 e. The molecule has 1 amide bonds. The topological polar surface area (TPSA) is 66.5 Å². The van der Waals surface area contributed by atoms with Gasteiger partial charge in [-0.1, -0.05) is 30.7 Å². The van der Waals surface area contributed by atoms with Crippen LogP contribution in [0.25, 0.3) is 0 Å². The third kappa shape index (κ3) is 4.51. The Bertz CT molecular complexity index is 968. The smallest absolute Gasteiger partial charge is 0.243 e. The van der Waals surface area contributed by atoms with Gasteiger partial charge in [0.1, 0.15) is 5.82 Å². The SMILES string of the molecule is O=C(NCc1ccc(S(=O)(=O)N2CCCCC2)cc1)C1CC1c1ccc(F)cc1. The predicted molar refractivity (Wildman–Crippen MR) is 108 cm³/mol. The number of nitrogens with one attached hydrogen (secondary N) is 1. The van der Waals surface area contributed by atoms with Crippen LogP contribution in [0.1, 0.15) is 42.7 Å². The standard InChI is InChI=1S/C22H25FN2O3S/c23-18-8-6-17(7-9-18)20-14-21(20)22(26)24-15-16-4-10-19(11-5-16)29(27,28)25-12-2-1-3-13-25/h4-11,20-21H,1-3,12-15H2,(H,24,26). The van der Waals surface area contributed by atoms with Crippen molar-refractivity contribution in [1.29, 1.82) is 0 Å². The first-order valence-electron chi connectivity index (χ1n) is 10.1. The lowest BCUT2D eigenvalue weighted by Crippen LogP contribution is -2.35. The number of hydrogen-bond donors (Lipinski definition) is 1. The zero-order valence-corrected chi connectivity index (χ0v) is 17.0. The molecule has 2 aliphatic rings. The minimum atomic E-state index is -3.44. The van der Waals surface area contributed by atoms with Crippen molar-refractivity contribution in [3.05, 3.63) is 65.5 Å². The second kappa shape index (κ2) is 8.24. The van der Waals surface area contributed by atoms with Crippen LogP contribution in [0.4, 0.5) is 4.39 Å². The molecule has 29 heavy (non-hydrogen) atoms. The van der Waals surface area contributed by atoms with E-state index in [9.17, 15) is 17.6 Å². The molecule has 1 aliphatic carbocycles. The van der Waals surface area contributed by atoms with Gasteiger partial charge in [0.15, 0.2) is 0 Å². The van der Waals surface area contributed by atoms with E-state index in [0.717, 1.165) is 36.8 Å². The van der Waals surface area contributed by atoms with Crippen molar-refractivity contribution in [2.24, 2.45) is 5.92 Å². The van der Waals surface area contributed by atoms with Gasteiger partial charge in [-0.2, -0.15) is 4.31 Å². The molecule has 1 saturated heterocycles. The molecule has 154 valence electrons. The highest BCUT2D eigenvalue weighted by Crippen LogP contribution is 2.47. The van der Waals surface area contributed by atoms with E-state index >= 15 is 0 Å². The molecular formula is C22H25FN2O3S. The summed E-state index contributed by atoms with van der Waals surface area (Å²) in [4.78, 5) is 12.7. The Kier molecular flexibility index (Phi) is 5.69. The highest BCUT2D eigenvalue weighted by molar-refractivity contribution is 7.89. The van der Waals surface area contributed by atoms with Gasteiger partial charge in [0.05, 0.1) is 4.90 Å². The van der Waals surface area contributed by atoms with Crippen molar-refractivity contribution >= 4 is 15.9 Å². The maximum absolute atomic E-state index is 13.0. The van der Waals surface area contributed by atoms with Crippen LogP contribution in [0, 0.1) is 11.7 Å². The number of rotatable bonds is 6. The second-order valence-corrected chi connectivity index (χ2v) is 9.76. The van der Waals surface area contributed by atoms with Crippen LogP contribution in [-0.4, -0.2) is 31.7 Å². The first-order valence-corrected chi connectivity index (χ1v) is 11.5. The summed E-state index contributed by atoms with van der Waals surface area (Å²) in [6.07, 6.45) is 3.66. The first kappa shape index (κ1) is 20.0. The molecule has 1 N–H and O–H groups in total. The van der Waals surface area contributed by atoms with Crippen LogP contribution in [-0.2, 0) is 21.4 Å². The summed E-state index contributed by atoms with van der Waals surface area (Å²) in [5.41, 5.74) is 1.84. The summed E-state index contributed by atoms with van der Waals surface area (Å²) in [7, 11) is -3.44. The molecule has 2 unspecified atom stereocenters. The quantitative estimate of drug-likeness (QED) is 0.785. The highest BCUT2D eigenvalue weighted by atomic mass is 32.2.